The van der Waals surface area contributed by atoms with Crippen LogP contribution in [0.5, 0.6) is 0 Å². The summed E-state index contributed by atoms with van der Waals surface area (Å²) in [5.74, 6) is -0.723. The van der Waals surface area contributed by atoms with E-state index in [9.17, 15) is 17.6 Å². The fourth-order valence-corrected chi connectivity index (χ4v) is 4.77. The van der Waals surface area contributed by atoms with Crippen LogP contribution in [0, 0.1) is 5.82 Å². The predicted octanol–water partition coefficient (Wildman–Crippen LogP) is 1.45. The number of sulfonamides is 1. The van der Waals surface area contributed by atoms with Gasteiger partial charge in [0.2, 0.25) is 15.9 Å². The third-order valence-electron chi connectivity index (χ3n) is 4.53. The molecule has 1 aromatic rings. The van der Waals surface area contributed by atoms with E-state index in [1.54, 1.807) is 6.07 Å². The zero-order valence-corrected chi connectivity index (χ0v) is 13.0. The van der Waals surface area contributed by atoms with Crippen molar-refractivity contribution in [2.75, 3.05) is 0 Å². The molecule has 5 nitrogen and oxygen atoms in total. The van der Waals surface area contributed by atoms with Gasteiger partial charge in [-0.1, -0.05) is 12.1 Å². The van der Waals surface area contributed by atoms with Gasteiger partial charge in [-0.15, -0.1) is 0 Å². The van der Waals surface area contributed by atoms with Crippen molar-refractivity contribution in [1.82, 2.24) is 10.0 Å². The zero-order chi connectivity index (χ0) is 15.8. The molecule has 7 heteroatoms. The standard InChI is InChI=1S/C15H19FN2O3S/c16-12-4-1-3-11(9-12)10-22(20,21)18-13-5-6-14(19)17-15(13)7-2-8-15/h1,3-4,9,13,18H,2,5-8,10H2,(H,17,19)/t13-/m1/s1. The first-order valence-electron chi connectivity index (χ1n) is 7.44. The number of hydrogen-bond acceptors (Lipinski definition) is 3. The highest BCUT2D eigenvalue weighted by molar-refractivity contribution is 7.88. The molecule has 3 rings (SSSR count). The third-order valence-corrected chi connectivity index (χ3v) is 5.89. The second-order valence-electron chi connectivity index (χ2n) is 6.16. The highest BCUT2D eigenvalue weighted by Crippen LogP contribution is 2.39. The molecule has 0 unspecified atom stereocenters. The van der Waals surface area contributed by atoms with Crippen LogP contribution in [0.3, 0.4) is 0 Å². The summed E-state index contributed by atoms with van der Waals surface area (Å²) in [6, 6.07) is 5.31. The largest absolute Gasteiger partial charge is 0.349 e. The maximum atomic E-state index is 13.2. The first-order valence-corrected chi connectivity index (χ1v) is 9.09. The summed E-state index contributed by atoms with van der Waals surface area (Å²) < 4.78 is 40.6. The molecule has 1 amide bonds. The Bertz CT molecular complexity index is 686. The van der Waals surface area contributed by atoms with E-state index in [0.29, 0.717) is 18.4 Å². The minimum atomic E-state index is -3.58. The van der Waals surface area contributed by atoms with Crippen LogP contribution in [0.4, 0.5) is 4.39 Å². The Morgan fingerprint density at radius 1 is 1.36 bits per heavy atom. The fraction of sp³-hybridized carbons (Fsp3) is 0.533. The second-order valence-corrected chi connectivity index (χ2v) is 7.91. The number of piperidine rings is 1. The molecule has 1 aliphatic heterocycles. The van der Waals surface area contributed by atoms with Gasteiger partial charge in [-0.2, -0.15) is 0 Å². The summed E-state index contributed by atoms with van der Waals surface area (Å²) in [5.41, 5.74) is -0.0142. The topological polar surface area (TPSA) is 75.3 Å². The minimum absolute atomic E-state index is 0.0136. The number of carbonyl (C=O) groups is 1. The van der Waals surface area contributed by atoms with Gasteiger partial charge in [0.1, 0.15) is 5.82 Å². The summed E-state index contributed by atoms with van der Waals surface area (Å²) in [5, 5.41) is 2.95. The molecule has 2 N–H and O–H groups in total. The average Bonchev–Trinajstić information content (AvgIpc) is 2.38. The SMILES string of the molecule is O=C1CC[C@@H](NS(=O)(=O)Cc2cccc(F)c2)C2(CCC2)N1. The Labute approximate surface area is 129 Å². The fourth-order valence-electron chi connectivity index (χ4n) is 3.29. The Morgan fingerprint density at radius 2 is 2.14 bits per heavy atom. The van der Waals surface area contributed by atoms with Crippen molar-refractivity contribution >= 4 is 15.9 Å². The number of halogens is 1. The van der Waals surface area contributed by atoms with E-state index in [1.165, 1.54) is 18.2 Å². The molecular formula is C15H19FN2O3S. The van der Waals surface area contributed by atoms with E-state index in [-0.39, 0.29) is 17.7 Å². The maximum Gasteiger partial charge on any atom is 0.220 e. The Balaban J connectivity index is 1.72. The predicted molar refractivity (Wildman–Crippen MR) is 79.9 cm³/mol. The van der Waals surface area contributed by atoms with Crippen molar-refractivity contribution in [2.24, 2.45) is 0 Å². The van der Waals surface area contributed by atoms with Crippen molar-refractivity contribution in [3.8, 4) is 0 Å². The van der Waals surface area contributed by atoms with Crippen LogP contribution in [0.2, 0.25) is 0 Å². The molecule has 1 aromatic carbocycles. The maximum absolute atomic E-state index is 13.2. The molecule has 120 valence electrons. The Morgan fingerprint density at radius 3 is 2.77 bits per heavy atom. The van der Waals surface area contributed by atoms with Gasteiger partial charge in [0.15, 0.2) is 0 Å². The number of hydrogen-bond donors (Lipinski definition) is 2. The molecule has 22 heavy (non-hydrogen) atoms. The van der Waals surface area contributed by atoms with Crippen molar-refractivity contribution in [3.05, 3.63) is 35.6 Å². The summed E-state index contributed by atoms with van der Waals surface area (Å²) in [6.45, 7) is 0. The molecule has 1 aliphatic carbocycles. The quantitative estimate of drug-likeness (QED) is 0.879. The summed E-state index contributed by atoms with van der Waals surface area (Å²) in [6.07, 6.45) is 3.42. The third kappa shape index (κ3) is 3.15. The van der Waals surface area contributed by atoms with Crippen molar-refractivity contribution in [1.29, 1.82) is 0 Å². The molecule has 0 bridgehead atoms. The highest BCUT2D eigenvalue weighted by Gasteiger charge is 2.48. The lowest BCUT2D eigenvalue weighted by molar-refractivity contribution is -0.127. The van der Waals surface area contributed by atoms with Crippen LogP contribution >= 0.6 is 0 Å². The first kappa shape index (κ1) is 15.4. The Kier molecular flexibility index (Phi) is 3.94. The van der Waals surface area contributed by atoms with Crippen molar-refractivity contribution < 1.29 is 17.6 Å². The van der Waals surface area contributed by atoms with Crippen molar-refractivity contribution in [2.45, 2.75) is 49.4 Å². The Hall–Kier alpha value is -1.47. The average molecular weight is 326 g/mol. The van der Waals surface area contributed by atoms with E-state index in [0.717, 1.165) is 19.3 Å². The first-order chi connectivity index (χ1) is 10.4. The molecule has 1 spiro atoms. The van der Waals surface area contributed by atoms with Gasteiger partial charge in [0, 0.05) is 12.5 Å². The summed E-state index contributed by atoms with van der Waals surface area (Å²) >= 11 is 0. The van der Waals surface area contributed by atoms with E-state index < -0.39 is 21.4 Å². The van der Waals surface area contributed by atoms with Gasteiger partial charge in [-0.3, -0.25) is 4.79 Å². The number of rotatable bonds is 4. The lowest BCUT2D eigenvalue weighted by Crippen LogP contribution is -2.68. The van der Waals surface area contributed by atoms with E-state index in [4.69, 9.17) is 0 Å². The van der Waals surface area contributed by atoms with Gasteiger partial charge in [-0.05, 0) is 43.4 Å². The van der Waals surface area contributed by atoms with Gasteiger partial charge in [0.05, 0.1) is 11.3 Å². The molecule has 1 atom stereocenters. The summed E-state index contributed by atoms with van der Waals surface area (Å²) in [7, 11) is -3.58. The minimum Gasteiger partial charge on any atom is -0.349 e. The molecule has 0 radical (unpaired) electrons. The lowest BCUT2D eigenvalue weighted by Gasteiger charge is -2.50. The molecule has 2 aliphatic rings. The van der Waals surface area contributed by atoms with Crippen molar-refractivity contribution in [3.63, 3.8) is 0 Å². The van der Waals surface area contributed by atoms with E-state index >= 15 is 0 Å². The number of amides is 1. The van der Waals surface area contributed by atoms with Gasteiger partial charge < -0.3 is 5.32 Å². The molecule has 1 heterocycles. The number of benzene rings is 1. The highest BCUT2D eigenvalue weighted by atomic mass is 32.2. The normalized spacial score (nSPS) is 23.9. The van der Waals surface area contributed by atoms with Crippen LogP contribution in [0.25, 0.3) is 0 Å². The second kappa shape index (κ2) is 5.62. The molecule has 0 aromatic heterocycles. The molecular weight excluding hydrogens is 307 g/mol. The molecule has 1 saturated heterocycles. The molecule has 2 fully saturated rings. The van der Waals surface area contributed by atoms with E-state index in [1.807, 2.05) is 0 Å². The lowest BCUT2D eigenvalue weighted by atomic mass is 9.68. The van der Waals surface area contributed by atoms with Crippen LogP contribution in [0.15, 0.2) is 24.3 Å². The van der Waals surface area contributed by atoms with E-state index in [2.05, 4.69) is 10.0 Å². The van der Waals surface area contributed by atoms with Gasteiger partial charge >= 0.3 is 0 Å². The summed E-state index contributed by atoms with van der Waals surface area (Å²) in [4.78, 5) is 11.6. The van der Waals surface area contributed by atoms with Crippen LogP contribution in [-0.4, -0.2) is 25.9 Å². The molecule has 1 saturated carbocycles. The number of carbonyl (C=O) groups excluding carboxylic acids is 1. The van der Waals surface area contributed by atoms with Crippen LogP contribution in [-0.2, 0) is 20.6 Å². The zero-order valence-electron chi connectivity index (χ0n) is 12.1. The van der Waals surface area contributed by atoms with Crippen LogP contribution in [0.1, 0.15) is 37.7 Å². The van der Waals surface area contributed by atoms with Gasteiger partial charge in [-0.25, -0.2) is 17.5 Å². The van der Waals surface area contributed by atoms with Gasteiger partial charge in [0.25, 0.3) is 0 Å². The smallest absolute Gasteiger partial charge is 0.220 e. The number of nitrogens with one attached hydrogen (secondary N) is 2. The van der Waals surface area contributed by atoms with Crippen LogP contribution < -0.4 is 10.0 Å². The monoisotopic (exact) mass is 326 g/mol.